The molecule has 0 radical (unpaired) electrons. The molecular formula is C17H18N4O3S. The molecule has 25 heavy (non-hydrogen) atoms. The number of nitrogens with one attached hydrogen (secondary N) is 1. The Kier molecular flexibility index (Phi) is 4.45. The predicted molar refractivity (Wildman–Crippen MR) is 97.7 cm³/mol. The molecule has 0 atom stereocenters. The maximum atomic E-state index is 12.8. The highest BCUT2D eigenvalue weighted by Gasteiger charge is 2.19. The van der Waals surface area contributed by atoms with Crippen molar-refractivity contribution in [3.05, 3.63) is 48.7 Å². The van der Waals surface area contributed by atoms with Crippen molar-refractivity contribution in [3.63, 3.8) is 0 Å². The molecule has 3 rings (SSSR count). The fourth-order valence-electron chi connectivity index (χ4n) is 2.41. The largest absolute Gasteiger partial charge is 0.467 e. The quantitative estimate of drug-likeness (QED) is 0.754. The normalized spacial score (nSPS) is 11.3. The molecule has 0 aliphatic carbocycles. The zero-order valence-electron chi connectivity index (χ0n) is 14.1. The van der Waals surface area contributed by atoms with Crippen LogP contribution in [0, 0.1) is 0 Å². The van der Waals surface area contributed by atoms with Crippen LogP contribution in [-0.4, -0.2) is 39.6 Å². The molecule has 0 saturated carbocycles. The number of anilines is 2. The molecule has 1 heterocycles. The van der Waals surface area contributed by atoms with E-state index in [9.17, 15) is 8.42 Å². The van der Waals surface area contributed by atoms with Crippen molar-refractivity contribution >= 4 is 32.3 Å². The zero-order valence-corrected chi connectivity index (χ0v) is 14.9. The number of ether oxygens (including phenoxy) is 1. The molecule has 0 bridgehead atoms. The van der Waals surface area contributed by atoms with E-state index in [-0.39, 0.29) is 16.6 Å². The lowest BCUT2D eigenvalue weighted by Crippen LogP contribution is -2.19. The molecule has 7 nitrogen and oxygen atoms in total. The smallest absolute Gasteiger partial charge is 0.318 e. The van der Waals surface area contributed by atoms with Gasteiger partial charge in [-0.05, 0) is 22.9 Å². The third-order valence-corrected chi connectivity index (χ3v) is 4.99. The molecule has 0 fully saturated rings. The van der Waals surface area contributed by atoms with Gasteiger partial charge in [0.05, 0.1) is 18.2 Å². The van der Waals surface area contributed by atoms with Crippen LogP contribution < -0.4 is 14.4 Å². The molecule has 0 aliphatic rings. The Hall–Kier alpha value is -2.87. The van der Waals surface area contributed by atoms with E-state index < -0.39 is 10.0 Å². The number of sulfonamides is 1. The van der Waals surface area contributed by atoms with Crippen molar-refractivity contribution in [2.75, 3.05) is 30.8 Å². The average Bonchev–Trinajstić information content (AvgIpc) is 2.61. The van der Waals surface area contributed by atoms with Gasteiger partial charge in [0, 0.05) is 14.1 Å². The fourth-order valence-corrected chi connectivity index (χ4v) is 3.49. The Morgan fingerprint density at radius 1 is 1.08 bits per heavy atom. The van der Waals surface area contributed by atoms with Crippen molar-refractivity contribution < 1.29 is 13.2 Å². The number of aromatic nitrogens is 2. The van der Waals surface area contributed by atoms with Crippen LogP contribution in [0.5, 0.6) is 6.01 Å². The topological polar surface area (TPSA) is 84.4 Å². The molecule has 0 spiro atoms. The third-order valence-electron chi connectivity index (χ3n) is 3.63. The first-order valence-corrected chi connectivity index (χ1v) is 8.99. The Morgan fingerprint density at radius 2 is 1.80 bits per heavy atom. The van der Waals surface area contributed by atoms with E-state index in [2.05, 4.69) is 14.7 Å². The zero-order chi connectivity index (χ0) is 18.0. The minimum atomic E-state index is -3.78. The van der Waals surface area contributed by atoms with Crippen LogP contribution in [-0.2, 0) is 10.0 Å². The molecule has 1 aromatic heterocycles. The van der Waals surface area contributed by atoms with Gasteiger partial charge in [-0.25, -0.2) is 13.4 Å². The second kappa shape index (κ2) is 6.56. The number of fused-ring (bicyclic) bond motifs is 1. The number of rotatable bonds is 5. The Labute approximate surface area is 146 Å². The van der Waals surface area contributed by atoms with Gasteiger partial charge in [0.25, 0.3) is 10.0 Å². The van der Waals surface area contributed by atoms with Crippen molar-refractivity contribution in [1.82, 2.24) is 9.97 Å². The van der Waals surface area contributed by atoms with Gasteiger partial charge in [-0.2, -0.15) is 4.98 Å². The van der Waals surface area contributed by atoms with Gasteiger partial charge in [-0.3, -0.25) is 4.72 Å². The van der Waals surface area contributed by atoms with Crippen LogP contribution in [0.3, 0.4) is 0 Å². The van der Waals surface area contributed by atoms with Crippen LogP contribution in [0.1, 0.15) is 0 Å². The minimum Gasteiger partial charge on any atom is -0.467 e. The highest BCUT2D eigenvalue weighted by Crippen LogP contribution is 2.27. The SMILES string of the molecule is COc1ncc(NS(=O)(=O)c2ccc3ccccc3c2)c(N(C)C)n1. The lowest BCUT2D eigenvalue weighted by Gasteiger charge is -2.17. The van der Waals surface area contributed by atoms with Gasteiger partial charge in [-0.15, -0.1) is 0 Å². The second-order valence-corrected chi connectivity index (χ2v) is 7.29. The third kappa shape index (κ3) is 3.48. The van der Waals surface area contributed by atoms with Crippen LogP contribution in [0.15, 0.2) is 53.6 Å². The summed E-state index contributed by atoms with van der Waals surface area (Å²) in [4.78, 5) is 10.0. The van der Waals surface area contributed by atoms with Crippen molar-refractivity contribution in [3.8, 4) is 6.01 Å². The van der Waals surface area contributed by atoms with Gasteiger partial charge in [0.2, 0.25) is 0 Å². The van der Waals surface area contributed by atoms with Gasteiger partial charge in [0.1, 0.15) is 5.69 Å². The van der Waals surface area contributed by atoms with E-state index in [1.807, 2.05) is 24.3 Å². The van der Waals surface area contributed by atoms with Crippen molar-refractivity contribution in [2.24, 2.45) is 0 Å². The van der Waals surface area contributed by atoms with E-state index in [4.69, 9.17) is 4.74 Å². The average molecular weight is 358 g/mol. The van der Waals surface area contributed by atoms with Crippen molar-refractivity contribution in [1.29, 1.82) is 0 Å². The maximum Gasteiger partial charge on any atom is 0.318 e. The van der Waals surface area contributed by atoms with E-state index in [1.54, 1.807) is 37.2 Å². The monoisotopic (exact) mass is 358 g/mol. The fraction of sp³-hybridized carbons (Fsp3) is 0.176. The number of hydrogen-bond donors (Lipinski definition) is 1. The first-order chi connectivity index (χ1) is 11.9. The summed E-state index contributed by atoms with van der Waals surface area (Å²) in [6.45, 7) is 0. The lowest BCUT2D eigenvalue weighted by atomic mass is 10.1. The van der Waals surface area contributed by atoms with E-state index >= 15 is 0 Å². The minimum absolute atomic E-state index is 0.164. The molecule has 2 aromatic carbocycles. The van der Waals surface area contributed by atoms with Crippen LogP contribution >= 0.6 is 0 Å². The highest BCUT2D eigenvalue weighted by atomic mass is 32.2. The second-order valence-electron chi connectivity index (χ2n) is 5.60. The summed E-state index contributed by atoms with van der Waals surface area (Å²) < 4.78 is 33.1. The number of nitrogens with zero attached hydrogens (tertiary/aromatic N) is 3. The highest BCUT2D eigenvalue weighted by molar-refractivity contribution is 7.92. The number of hydrogen-bond acceptors (Lipinski definition) is 6. The summed E-state index contributed by atoms with van der Waals surface area (Å²) in [5.41, 5.74) is 0.277. The van der Waals surface area contributed by atoms with E-state index in [1.165, 1.54) is 13.3 Å². The van der Waals surface area contributed by atoms with Gasteiger partial charge >= 0.3 is 6.01 Å². The summed E-state index contributed by atoms with van der Waals surface area (Å²) in [7, 11) is 1.19. The number of methoxy groups -OCH3 is 1. The maximum absolute atomic E-state index is 12.8. The lowest BCUT2D eigenvalue weighted by molar-refractivity contribution is 0.380. The van der Waals surface area contributed by atoms with E-state index in [0.29, 0.717) is 5.82 Å². The first kappa shape index (κ1) is 17.0. The Balaban J connectivity index is 2.00. The standard InChI is InChI=1S/C17H18N4O3S/c1-21(2)16-15(11-18-17(19-16)24-3)20-25(22,23)14-9-8-12-6-4-5-7-13(12)10-14/h4-11,20H,1-3H3. The molecule has 3 aromatic rings. The Bertz CT molecular complexity index is 1020. The summed E-state index contributed by atoms with van der Waals surface area (Å²) >= 11 is 0. The molecule has 1 N–H and O–H groups in total. The van der Waals surface area contributed by atoms with E-state index in [0.717, 1.165) is 10.8 Å². The molecule has 0 unspecified atom stereocenters. The molecule has 0 aliphatic heterocycles. The van der Waals surface area contributed by atoms with Crippen LogP contribution in [0.2, 0.25) is 0 Å². The van der Waals surface area contributed by atoms with Crippen molar-refractivity contribution in [2.45, 2.75) is 4.90 Å². The summed E-state index contributed by atoms with van der Waals surface area (Å²) in [6, 6.07) is 12.7. The Morgan fingerprint density at radius 3 is 2.48 bits per heavy atom. The van der Waals surface area contributed by atoms with Gasteiger partial charge < -0.3 is 9.64 Å². The summed E-state index contributed by atoms with van der Waals surface area (Å²) in [6.07, 6.45) is 1.39. The molecule has 0 saturated heterocycles. The van der Waals surface area contributed by atoms with Crippen LogP contribution in [0.4, 0.5) is 11.5 Å². The molecule has 8 heteroatoms. The van der Waals surface area contributed by atoms with Crippen LogP contribution in [0.25, 0.3) is 10.8 Å². The van der Waals surface area contributed by atoms with Gasteiger partial charge in [0.15, 0.2) is 5.82 Å². The predicted octanol–water partition coefficient (Wildman–Crippen LogP) is 2.51. The molecular weight excluding hydrogens is 340 g/mol. The summed E-state index contributed by atoms with van der Waals surface area (Å²) in [5, 5.41) is 1.83. The molecule has 130 valence electrons. The van der Waals surface area contributed by atoms with Gasteiger partial charge in [-0.1, -0.05) is 30.3 Å². The summed E-state index contributed by atoms with van der Waals surface area (Å²) in [5.74, 6) is 0.413. The molecule has 0 amide bonds. The first-order valence-electron chi connectivity index (χ1n) is 7.51. The number of benzene rings is 2.